The summed E-state index contributed by atoms with van der Waals surface area (Å²) in [6.07, 6.45) is 6.66. The predicted molar refractivity (Wildman–Crippen MR) is 87.5 cm³/mol. The first-order chi connectivity index (χ1) is 10.1. The fourth-order valence-corrected chi connectivity index (χ4v) is 3.31. The summed E-state index contributed by atoms with van der Waals surface area (Å²) in [5, 5.41) is 8.59. The zero-order chi connectivity index (χ0) is 16.9. The van der Waals surface area contributed by atoms with Crippen LogP contribution in [0.5, 0.6) is 0 Å². The van der Waals surface area contributed by atoms with Gasteiger partial charge in [0.2, 0.25) is 0 Å². The Hall–Kier alpha value is -1.13. The van der Waals surface area contributed by atoms with Crippen LogP contribution in [0.2, 0.25) is 0 Å². The Balaban J connectivity index is 2.59. The molecule has 4 nitrogen and oxygen atoms in total. The maximum absolute atomic E-state index is 10.5. The van der Waals surface area contributed by atoms with Gasteiger partial charge < -0.3 is 14.6 Å². The minimum Gasteiger partial charge on any atom is -0.480 e. The number of rotatable bonds is 7. The molecule has 1 N–H and O–H groups in total. The lowest BCUT2D eigenvalue weighted by atomic mass is 9.69. The van der Waals surface area contributed by atoms with Crippen molar-refractivity contribution in [2.24, 2.45) is 17.3 Å². The summed E-state index contributed by atoms with van der Waals surface area (Å²) in [6, 6.07) is 0. The van der Waals surface area contributed by atoms with Crippen LogP contribution in [0.3, 0.4) is 0 Å². The molecule has 0 fully saturated rings. The Kier molecular flexibility index (Phi) is 6.82. The summed E-state index contributed by atoms with van der Waals surface area (Å²) in [6.45, 7) is 12.7. The lowest BCUT2D eigenvalue weighted by molar-refractivity contribution is -0.170. The van der Waals surface area contributed by atoms with E-state index in [1.54, 1.807) is 6.92 Å². The highest BCUT2D eigenvalue weighted by Crippen LogP contribution is 2.39. The van der Waals surface area contributed by atoms with Crippen molar-refractivity contribution in [2.45, 2.75) is 60.4 Å². The van der Waals surface area contributed by atoms with Crippen molar-refractivity contribution in [1.29, 1.82) is 0 Å². The van der Waals surface area contributed by atoms with Crippen LogP contribution in [-0.4, -0.2) is 30.1 Å². The third-order valence-electron chi connectivity index (χ3n) is 3.86. The SMILES string of the molecule is CC(OCC(=O)O)OC1C=CC(C(C(C)C)C(C)(C)C)=CC1. The van der Waals surface area contributed by atoms with E-state index in [1.165, 1.54) is 5.57 Å². The molecule has 0 aromatic rings. The quantitative estimate of drug-likeness (QED) is 0.721. The second kappa shape index (κ2) is 7.93. The molecule has 0 saturated heterocycles. The fourth-order valence-electron chi connectivity index (χ4n) is 3.31. The highest BCUT2D eigenvalue weighted by molar-refractivity contribution is 5.67. The Morgan fingerprint density at radius 2 is 2.00 bits per heavy atom. The van der Waals surface area contributed by atoms with E-state index >= 15 is 0 Å². The number of allylic oxidation sites excluding steroid dienone is 2. The molecule has 1 aliphatic rings. The van der Waals surface area contributed by atoms with Gasteiger partial charge in [0.05, 0.1) is 6.10 Å². The van der Waals surface area contributed by atoms with Crippen molar-refractivity contribution < 1.29 is 19.4 Å². The zero-order valence-corrected chi connectivity index (χ0v) is 14.6. The van der Waals surface area contributed by atoms with E-state index < -0.39 is 12.3 Å². The van der Waals surface area contributed by atoms with Gasteiger partial charge in [-0.05, 0) is 36.2 Å². The molecular formula is C18H30O4. The molecule has 0 aliphatic heterocycles. The van der Waals surface area contributed by atoms with Crippen LogP contribution in [0.25, 0.3) is 0 Å². The third kappa shape index (κ3) is 5.93. The average molecular weight is 310 g/mol. The van der Waals surface area contributed by atoms with Crippen molar-refractivity contribution in [1.82, 2.24) is 0 Å². The molecule has 22 heavy (non-hydrogen) atoms. The minimum absolute atomic E-state index is 0.0553. The van der Waals surface area contributed by atoms with E-state index in [0.29, 0.717) is 11.8 Å². The van der Waals surface area contributed by atoms with Gasteiger partial charge in [-0.15, -0.1) is 0 Å². The Labute approximate surface area is 134 Å². The van der Waals surface area contributed by atoms with Gasteiger partial charge in [-0.1, -0.05) is 52.8 Å². The van der Waals surface area contributed by atoms with Gasteiger partial charge in [0.15, 0.2) is 6.29 Å². The number of carboxylic acids is 1. The van der Waals surface area contributed by atoms with Crippen LogP contribution in [0.4, 0.5) is 0 Å². The molecule has 0 aromatic heterocycles. The van der Waals surface area contributed by atoms with Gasteiger partial charge in [-0.2, -0.15) is 0 Å². The van der Waals surface area contributed by atoms with Crippen molar-refractivity contribution in [3.05, 3.63) is 23.8 Å². The van der Waals surface area contributed by atoms with Crippen molar-refractivity contribution in [2.75, 3.05) is 6.61 Å². The van der Waals surface area contributed by atoms with E-state index in [9.17, 15) is 4.79 Å². The predicted octanol–water partition coefficient (Wildman–Crippen LogP) is 4.02. The smallest absolute Gasteiger partial charge is 0.329 e. The molecule has 1 aliphatic carbocycles. The lowest BCUT2D eigenvalue weighted by Gasteiger charge is -2.36. The standard InChI is InChI=1S/C18H30O4/c1-12(2)17(18(4,5)6)14-7-9-15(10-8-14)22-13(3)21-11-16(19)20/h7-9,12-13,15,17H,10-11H2,1-6H3,(H,19,20). The van der Waals surface area contributed by atoms with Crippen LogP contribution >= 0.6 is 0 Å². The van der Waals surface area contributed by atoms with E-state index in [0.717, 1.165) is 6.42 Å². The van der Waals surface area contributed by atoms with E-state index in [-0.39, 0.29) is 18.1 Å². The molecule has 1 rings (SSSR count). The maximum Gasteiger partial charge on any atom is 0.329 e. The zero-order valence-electron chi connectivity index (χ0n) is 14.6. The number of ether oxygens (including phenoxy) is 2. The third-order valence-corrected chi connectivity index (χ3v) is 3.86. The molecule has 0 bridgehead atoms. The second-order valence-electron chi connectivity index (χ2n) is 7.33. The highest BCUT2D eigenvalue weighted by Gasteiger charge is 2.30. The Morgan fingerprint density at radius 1 is 1.36 bits per heavy atom. The Bertz CT molecular complexity index is 429. The number of aliphatic carboxylic acids is 1. The van der Waals surface area contributed by atoms with Crippen molar-refractivity contribution in [3.8, 4) is 0 Å². The summed E-state index contributed by atoms with van der Waals surface area (Å²) in [5.74, 6) is 0.0957. The van der Waals surface area contributed by atoms with Gasteiger partial charge in [0.1, 0.15) is 6.61 Å². The van der Waals surface area contributed by atoms with Crippen molar-refractivity contribution >= 4 is 5.97 Å². The first kappa shape index (κ1) is 18.9. The summed E-state index contributed by atoms with van der Waals surface area (Å²) in [4.78, 5) is 10.5. The van der Waals surface area contributed by atoms with Crippen LogP contribution in [0.15, 0.2) is 23.8 Å². The largest absolute Gasteiger partial charge is 0.480 e. The molecule has 0 radical (unpaired) electrons. The van der Waals surface area contributed by atoms with Crippen LogP contribution in [-0.2, 0) is 14.3 Å². The van der Waals surface area contributed by atoms with Crippen LogP contribution in [0, 0.1) is 17.3 Å². The first-order valence-corrected chi connectivity index (χ1v) is 7.98. The Morgan fingerprint density at radius 3 is 2.41 bits per heavy atom. The summed E-state index contributed by atoms with van der Waals surface area (Å²) >= 11 is 0. The average Bonchev–Trinajstić information content (AvgIpc) is 2.36. The lowest BCUT2D eigenvalue weighted by Crippen LogP contribution is -2.29. The fraction of sp³-hybridized carbons (Fsp3) is 0.722. The van der Waals surface area contributed by atoms with Gasteiger partial charge >= 0.3 is 5.97 Å². The number of carbonyl (C=O) groups is 1. The number of hydrogen-bond donors (Lipinski definition) is 1. The van der Waals surface area contributed by atoms with Gasteiger partial charge in [-0.25, -0.2) is 4.79 Å². The molecule has 0 saturated carbocycles. The monoisotopic (exact) mass is 310 g/mol. The van der Waals surface area contributed by atoms with Gasteiger partial charge in [0.25, 0.3) is 0 Å². The second-order valence-corrected chi connectivity index (χ2v) is 7.33. The molecule has 0 heterocycles. The van der Waals surface area contributed by atoms with Gasteiger partial charge in [-0.3, -0.25) is 0 Å². The molecule has 3 atom stereocenters. The minimum atomic E-state index is -0.984. The molecular weight excluding hydrogens is 280 g/mol. The molecule has 0 aromatic carbocycles. The molecule has 4 heteroatoms. The number of hydrogen-bond acceptors (Lipinski definition) is 3. The first-order valence-electron chi connectivity index (χ1n) is 7.98. The normalized spacial score (nSPS) is 21.6. The topological polar surface area (TPSA) is 55.8 Å². The molecule has 126 valence electrons. The molecule has 3 unspecified atom stereocenters. The maximum atomic E-state index is 10.5. The molecule has 0 amide bonds. The van der Waals surface area contributed by atoms with Crippen LogP contribution in [0.1, 0.15) is 48.0 Å². The van der Waals surface area contributed by atoms with E-state index in [1.807, 2.05) is 0 Å². The van der Waals surface area contributed by atoms with Gasteiger partial charge in [0, 0.05) is 0 Å². The van der Waals surface area contributed by atoms with Crippen LogP contribution < -0.4 is 0 Å². The number of carboxylic acid groups (broad SMARTS) is 1. The summed E-state index contributed by atoms with van der Waals surface area (Å²) in [7, 11) is 0. The van der Waals surface area contributed by atoms with Crippen molar-refractivity contribution in [3.63, 3.8) is 0 Å². The summed E-state index contributed by atoms with van der Waals surface area (Å²) in [5.41, 5.74) is 1.58. The molecule has 0 spiro atoms. The van der Waals surface area contributed by atoms with E-state index in [4.69, 9.17) is 14.6 Å². The van der Waals surface area contributed by atoms with E-state index in [2.05, 4.69) is 52.8 Å². The summed E-state index contributed by atoms with van der Waals surface area (Å²) < 4.78 is 10.8. The highest BCUT2D eigenvalue weighted by atomic mass is 16.7.